The van der Waals surface area contributed by atoms with Gasteiger partial charge in [0.1, 0.15) is 17.6 Å². The Morgan fingerprint density at radius 1 is 1.32 bits per heavy atom. The van der Waals surface area contributed by atoms with Crippen molar-refractivity contribution in [2.75, 3.05) is 19.0 Å². The van der Waals surface area contributed by atoms with Gasteiger partial charge in [0.2, 0.25) is 0 Å². The van der Waals surface area contributed by atoms with Crippen LogP contribution >= 0.6 is 11.6 Å². The lowest BCUT2D eigenvalue weighted by Crippen LogP contribution is -2.27. The molecule has 31 heavy (non-hydrogen) atoms. The molecule has 11 heteroatoms. The lowest BCUT2D eigenvalue weighted by atomic mass is 10.2. The van der Waals surface area contributed by atoms with Crippen molar-refractivity contribution in [3.05, 3.63) is 56.9 Å². The summed E-state index contributed by atoms with van der Waals surface area (Å²) in [4.78, 5) is 37.2. The number of carbonyl (C=O) groups is 2. The molecular formula is C20H25ClN4O6. The molecule has 2 rings (SSSR count). The zero-order valence-electron chi connectivity index (χ0n) is 17.7. The fraction of sp³-hybridized carbons (Fsp3) is 0.350. The van der Waals surface area contributed by atoms with Crippen molar-refractivity contribution in [1.82, 2.24) is 4.98 Å². The van der Waals surface area contributed by atoms with Crippen LogP contribution in [0, 0.1) is 10.1 Å². The lowest BCUT2D eigenvalue weighted by Gasteiger charge is -2.19. The summed E-state index contributed by atoms with van der Waals surface area (Å²) in [5.41, 5.74) is 4.72. The maximum Gasteiger partial charge on any atom is 0.412 e. The van der Waals surface area contributed by atoms with Crippen LogP contribution < -0.4 is 15.8 Å². The molecule has 0 aliphatic heterocycles. The van der Waals surface area contributed by atoms with E-state index in [0.717, 1.165) is 6.07 Å². The van der Waals surface area contributed by atoms with Crippen molar-refractivity contribution < 1.29 is 24.0 Å². The minimum Gasteiger partial charge on any atom is -0.491 e. The van der Waals surface area contributed by atoms with E-state index >= 15 is 0 Å². The molecule has 1 aromatic heterocycles. The number of nitro benzene ring substituents is 1. The van der Waals surface area contributed by atoms with Gasteiger partial charge in [-0.2, -0.15) is 0 Å². The third-order valence-electron chi connectivity index (χ3n) is 3.46. The van der Waals surface area contributed by atoms with E-state index in [9.17, 15) is 19.7 Å². The van der Waals surface area contributed by atoms with Crippen LogP contribution in [-0.2, 0) is 11.2 Å². The van der Waals surface area contributed by atoms with E-state index in [1.165, 1.54) is 19.3 Å². The number of ether oxygens (including phenoxy) is 2. The zero-order chi connectivity index (χ0) is 23.6. The highest BCUT2D eigenvalue weighted by atomic mass is 35.5. The van der Waals surface area contributed by atoms with Gasteiger partial charge in [0.15, 0.2) is 5.02 Å². The van der Waals surface area contributed by atoms with Crippen LogP contribution in [0.4, 0.5) is 16.2 Å². The molecule has 2 aromatic rings. The Labute approximate surface area is 184 Å². The summed E-state index contributed by atoms with van der Waals surface area (Å²) in [5, 5.41) is 13.4. The number of aldehydes is 1. The van der Waals surface area contributed by atoms with Crippen LogP contribution in [0.5, 0.6) is 5.75 Å². The monoisotopic (exact) mass is 452 g/mol. The summed E-state index contributed by atoms with van der Waals surface area (Å²) in [7, 11) is 1.50. The van der Waals surface area contributed by atoms with Crippen LogP contribution in [-0.4, -0.2) is 41.5 Å². The minimum atomic E-state index is -0.680. The molecule has 168 valence electrons. The van der Waals surface area contributed by atoms with E-state index in [1.54, 1.807) is 32.9 Å². The Bertz CT molecular complexity index is 913. The van der Waals surface area contributed by atoms with Crippen molar-refractivity contribution in [3.63, 3.8) is 0 Å². The van der Waals surface area contributed by atoms with Gasteiger partial charge in [0.05, 0.1) is 23.4 Å². The van der Waals surface area contributed by atoms with Gasteiger partial charge in [-0.1, -0.05) is 11.6 Å². The standard InChI is InChI=1S/C19H20ClN3O6.CH5N/c1-19(2,3)29-18(25)22-14-5-4-13(21-10-14)6-7-28-16-9-12(11-24)8-15(17(16)20)23(26)27;1-2/h4-5,8-11H,6-7H2,1-3H3,(H,22,25);2H2,1H3. The summed E-state index contributed by atoms with van der Waals surface area (Å²) in [6.07, 6.45) is 1.75. The number of benzene rings is 1. The maximum absolute atomic E-state index is 11.7. The second kappa shape index (κ2) is 11.8. The van der Waals surface area contributed by atoms with E-state index in [4.69, 9.17) is 21.1 Å². The first-order valence-electron chi connectivity index (χ1n) is 9.17. The molecule has 1 aromatic carbocycles. The summed E-state index contributed by atoms with van der Waals surface area (Å²) in [6.45, 7) is 5.42. The molecule has 1 amide bonds. The molecule has 0 atom stereocenters. The van der Waals surface area contributed by atoms with E-state index in [0.29, 0.717) is 24.1 Å². The molecule has 0 saturated heterocycles. The summed E-state index contributed by atoms with van der Waals surface area (Å²) >= 11 is 5.98. The molecule has 0 unspecified atom stereocenters. The first-order chi connectivity index (χ1) is 14.6. The van der Waals surface area contributed by atoms with Gasteiger partial charge in [-0.05, 0) is 46.0 Å². The average Bonchev–Trinajstić information content (AvgIpc) is 2.70. The zero-order valence-corrected chi connectivity index (χ0v) is 18.4. The van der Waals surface area contributed by atoms with Gasteiger partial charge in [-0.15, -0.1) is 0 Å². The SMILES string of the molecule is CC(C)(C)OC(=O)Nc1ccc(CCOc2cc(C=O)cc([N+](=O)[O-])c2Cl)nc1.CN. The predicted octanol–water partition coefficient (Wildman–Crippen LogP) is 4.00. The van der Waals surface area contributed by atoms with Gasteiger partial charge in [-0.25, -0.2) is 4.79 Å². The summed E-state index contributed by atoms with van der Waals surface area (Å²) in [6, 6.07) is 5.78. The third-order valence-corrected chi connectivity index (χ3v) is 3.84. The number of amides is 1. The maximum atomic E-state index is 11.7. The molecule has 1 heterocycles. The highest BCUT2D eigenvalue weighted by Crippen LogP contribution is 2.35. The minimum absolute atomic E-state index is 0.0474. The fourth-order valence-corrected chi connectivity index (χ4v) is 2.48. The highest BCUT2D eigenvalue weighted by molar-refractivity contribution is 6.34. The number of hydrogen-bond acceptors (Lipinski definition) is 8. The molecule has 0 saturated carbocycles. The Morgan fingerprint density at radius 3 is 2.52 bits per heavy atom. The molecular weight excluding hydrogens is 428 g/mol. The Morgan fingerprint density at radius 2 is 2.00 bits per heavy atom. The van der Waals surface area contributed by atoms with Crippen molar-refractivity contribution in [1.29, 1.82) is 0 Å². The highest BCUT2D eigenvalue weighted by Gasteiger charge is 2.19. The first kappa shape index (κ1) is 25.8. The van der Waals surface area contributed by atoms with E-state index in [2.05, 4.69) is 16.0 Å². The number of halogens is 1. The van der Waals surface area contributed by atoms with Gasteiger partial charge >= 0.3 is 6.09 Å². The first-order valence-corrected chi connectivity index (χ1v) is 9.55. The third kappa shape index (κ3) is 8.57. The van der Waals surface area contributed by atoms with E-state index in [1.807, 2.05) is 0 Å². The van der Waals surface area contributed by atoms with Gasteiger partial charge in [-0.3, -0.25) is 25.2 Å². The second-order valence-electron chi connectivity index (χ2n) is 6.99. The number of rotatable bonds is 7. The van der Waals surface area contributed by atoms with Gasteiger partial charge < -0.3 is 15.2 Å². The number of carbonyl (C=O) groups excluding carboxylic acids is 2. The number of nitrogens with two attached hydrogens (primary N) is 1. The smallest absolute Gasteiger partial charge is 0.412 e. The Hall–Kier alpha value is -3.24. The predicted molar refractivity (Wildman–Crippen MR) is 117 cm³/mol. The van der Waals surface area contributed by atoms with Crippen molar-refractivity contribution in [2.45, 2.75) is 32.8 Å². The quantitative estimate of drug-likeness (QED) is 0.364. The topological polar surface area (TPSA) is 147 Å². The number of nitrogens with one attached hydrogen (secondary N) is 1. The molecule has 0 radical (unpaired) electrons. The average molecular weight is 453 g/mol. The van der Waals surface area contributed by atoms with Gasteiger partial charge in [0, 0.05) is 23.7 Å². The Kier molecular flexibility index (Phi) is 9.84. The molecule has 0 bridgehead atoms. The lowest BCUT2D eigenvalue weighted by molar-refractivity contribution is -0.384. The van der Waals surface area contributed by atoms with E-state index in [-0.39, 0.29) is 22.9 Å². The molecule has 3 N–H and O–H groups in total. The van der Waals surface area contributed by atoms with Gasteiger partial charge in [0.25, 0.3) is 5.69 Å². The molecule has 0 aliphatic carbocycles. The number of nitrogens with zero attached hydrogens (tertiary/aromatic N) is 2. The number of aromatic nitrogens is 1. The number of nitro groups is 1. The summed E-state index contributed by atoms with van der Waals surface area (Å²) < 4.78 is 10.7. The van der Waals surface area contributed by atoms with Crippen molar-refractivity contribution >= 4 is 35.4 Å². The Balaban J connectivity index is 0.00000233. The van der Waals surface area contributed by atoms with Crippen LogP contribution in [0.1, 0.15) is 36.8 Å². The molecule has 0 spiro atoms. The number of anilines is 1. The van der Waals surface area contributed by atoms with Crippen LogP contribution in [0.3, 0.4) is 0 Å². The largest absolute Gasteiger partial charge is 0.491 e. The molecule has 0 fully saturated rings. The van der Waals surface area contributed by atoms with Crippen molar-refractivity contribution in [3.8, 4) is 5.75 Å². The normalized spacial score (nSPS) is 10.4. The van der Waals surface area contributed by atoms with E-state index < -0.39 is 22.3 Å². The number of pyridine rings is 1. The summed E-state index contributed by atoms with van der Waals surface area (Å²) in [5.74, 6) is 0.0474. The fourth-order valence-electron chi connectivity index (χ4n) is 2.24. The molecule has 10 nitrogen and oxygen atoms in total. The second-order valence-corrected chi connectivity index (χ2v) is 7.37. The van der Waals surface area contributed by atoms with Crippen LogP contribution in [0.15, 0.2) is 30.5 Å². The molecule has 0 aliphatic rings. The number of hydrogen-bond donors (Lipinski definition) is 2. The van der Waals surface area contributed by atoms with Crippen LogP contribution in [0.2, 0.25) is 5.02 Å². The van der Waals surface area contributed by atoms with Crippen molar-refractivity contribution in [2.24, 2.45) is 5.73 Å². The van der Waals surface area contributed by atoms with Crippen LogP contribution in [0.25, 0.3) is 0 Å².